The molecule has 0 saturated carbocycles. The van der Waals surface area contributed by atoms with Crippen molar-refractivity contribution in [2.45, 2.75) is 5.75 Å². The summed E-state index contributed by atoms with van der Waals surface area (Å²) in [4.78, 5) is 4.03. The summed E-state index contributed by atoms with van der Waals surface area (Å²) in [5, 5.41) is 0.930. The number of nitrogens with zero attached hydrogens (tertiary/aromatic N) is 1. The van der Waals surface area contributed by atoms with Gasteiger partial charge in [0, 0.05) is 29.9 Å². The van der Waals surface area contributed by atoms with E-state index in [0.29, 0.717) is 33.9 Å². The lowest BCUT2D eigenvalue weighted by atomic mass is 10.4. The third-order valence-electron chi connectivity index (χ3n) is 1.70. The van der Waals surface area contributed by atoms with Gasteiger partial charge in [0.2, 0.25) is 0 Å². The van der Waals surface area contributed by atoms with Crippen molar-refractivity contribution in [3.63, 3.8) is 0 Å². The van der Waals surface area contributed by atoms with Gasteiger partial charge in [-0.05, 0) is 6.07 Å². The van der Waals surface area contributed by atoms with Crippen molar-refractivity contribution >= 4 is 34.0 Å². The third kappa shape index (κ3) is 4.47. The van der Waals surface area contributed by atoms with Gasteiger partial charge in [0.05, 0.1) is 28.1 Å². The average Bonchev–Trinajstić information content (AvgIpc) is 2.19. The van der Waals surface area contributed by atoms with Gasteiger partial charge in [-0.3, -0.25) is 9.19 Å². The molecule has 0 fully saturated rings. The van der Waals surface area contributed by atoms with Crippen LogP contribution in [0.5, 0.6) is 0 Å². The number of hydrogen-bond donors (Lipinski definition) is 0. The third-order valence-corrected chi connectivity index (χ3v) is 3.45. The van der Waals surface area contributed by atoms with Gasteiger partial charge in [0.1, 0.15) is 0 Å². The quantitative estimate of drug-likeness (QED) is 0.822. The zero-order valence-electron chi connectivity index (χ0n) is 8.20. The first-order valence-electron chi connectivity index (χ1n) is 4.27. The van der Waals surface area contributed by atoms with Crippen molar-refractivity contribution in [1.29, 1.82) is 0 Å². The summed E-state index contributed by atoms with van der Waals surface area (Å²) in [6, 6.07) is 1.60. The van der Waals surface area contributed by atoms with E-state index in [1.54, 1.807) is 13.2 Å². The second-order valence-electron chi connectivity index (χ2n) is 2.86. The molecule has 0 aliphatic heterocycles. The fourth-order valence-electron chi connectivity index (χ4n) is 0.950. The Bertz CT molecular complexity index is 360. The molecule has 0 radical (unpaired) electrons. The fraction of sp³-hybridized carbons (Fsp3) is 0.444. The number of methoxy groups -OCH3 is 1. The summed E-state index contributed by atoms with van der Waals surface area (Å²) in [5.41, 5.74) is 0.607. The molecule has 0 unspecified atom stereocenters. The summed E-state index contributed by atoms with van der Waals surface area (Å²) < 4.78 is 16.3. The van der Waals surface area contributed by atoms with Gasteiger partial charge in [0.15, 0.2) is 0 Å². The topological polar surface area (TPSA) is 39.2 Å². The molecule has 0 N–H and O–H groups in total. The van der Waals surface area contributed by atoms with Gasteiger partial charge in [0.25, 0.3) is 0 Å². The molecule has 1 atom stereocenters. The van der Waals surface area contributed by atoms with Crippen molar-refractivity contribution in [3.05, 3.63) is 28.0 Å². The summed E-state index contributed by atoms with van der Waals surface area (Å²) in [5.74, 6) is 0.816. The van der Waals surface area contributed by atoms with Gasteiger partial charge in [-0.1, -0.05) is 23.2 Å². The molecule has 3 nitrogen and oxygen atoms in total. The minimum atomic E-state index is -1.00. The molecule has 0 amide bonds. The Morgan fingerprint density at radius 3 is 2.87 bits per heavy atom. The maximum absolute atomic E-state index is 11.5. The summed E-state index contributed by atoms with van der Waals surface area (Å²) in [6.45, 7) is 0.470. The van der Waals surface area contributed by atoms with Crippen LogP contribution in [0.25, 0.3) is 0 Å². The molecule has 0 saturated heterocycles. The van der Waals surface area contributed by atoms with Crippen LogP contribution in [0.4, 0.5) is 0 Å². The second kappa shape index (κ2) is 6.43. The number of rotatable bonds is 5. The normalized spacial score (nSPS) is 12.7. The molecule has 15 heavy (non-hydrogen) atoms. The molecule has 1 heterocycles. The van der Waals surface area contributed by atoms with Crippen LogP contribution >= 0.6 is 23.2 Å². The van der Waals surface area contributed by atoms with Gasteiger partial charge in [-0.25, -0.2) is 0 Å². The highest BCUT2D eigenvalue weighted by Gasteiger charge is 2.07. The predicted octanol–water partition coefficient (Wildman–Crippen LogP) is 2.28. The van der Waals surface area contributed by atoms with Gasteiger partial charge < -0.3 is 4.74 Å². The van der Waals surface area contributed by atoms with Crippen molar-refractivity contribution in [1.82, 2.24) is 4.98 Å². The first-order chi connectivity index (χ1) is 7.13. The van der Waals surface area contributed by atoms with E-state index in [-0.39, 0.29) is 0 Å². The molecule has 0 spiro atoms. The molecule has 1 aromatic rings. The smallest absolute Gasteiger partial charge is 0.0715 e. The molecule has 0 aliphatic rings. The molecule has 0 bridgehead atoms. The molecule has 1 aromatic heterocycles. The second-order valence-corrected chi connectivity index (χ2v) is 5.28. The van der Waals surface area contributed by atoms with E-state index in [2.05, 4.69) is 4.98 Å². The average molecular weight is 268 g/mol. The molecule has 1 rings (SSSR count). The number of aromatic nitrogens is 1. The lowest BCUT2D eigenvalue weighted by Gasteiger charge is -2.03. The number of ether oxygens (including phenoxy) is 1. The number of pyridine rings is 1. The van der Waals surface area contributed by atoms with Crippen LogP contribution in [0, 0.1) is 0 Å². The van der Waals surface area contributed by atoms with E-state index in [1.807, 2.05) is 0 Å². The molecule has 0 aromatic carbocycles. The molecule has 0 aliphatic carbocycles. The standard InChI is InChI=1S/C9H11Cl2NO2S/c1-14-2-3-15(13)6-9-8(11)4-7(10)5-12-9/h4-5H,2-3,6H2,1H3/t15-/m1/s1. The maximum Gasteiger partial charge on any atom is 0.0715 e. The van der Waals surface area contributed by atoms with Crippen LogP contribution in [-0.2, 0) is 21.3 Å². The Morgan fingerprint density at radius 1 is 1.53 bits per heavy atom. The zero-order valence-corrected chi connectivity index (χ0v) is 10.5. The number of halogens is 2. The summed E-state index contributed by atoms with van der Waals surface area (Å²) in [6.07, 6.45) is 1.50. The molecule has 84 valence electrons. The van der Waals surface area contributed by atoms with Crippen LogP contribution in [0.1, 0.15) is 5.69 Å². The van der Waals surface area contributed by atoms with Crippen LogP contribution in [-0.4, -0.2) is 28.7 Å². The Balaban J connectivity index is 2.60. The van der Waals surface area contributed by atoms with E-state index in [4.69, 9.17) is 27.9 Å². The van der Waals surface area contributed by atoms with E-state index < -0.39 is 10.8 Å². The van der Waals surface area contributed by atoms with Crippen LogP contribution < -0.4 is 0 Å². The highest BCUT2D eigenvalue weighted by Crippen LogP contribution is 2.19. The van der Waals surface area contributed by atoms with Gasteiger partial charge in [-0.2, -0.15) is 0 Å². The summed E-state index contributed by atoms with van der Waals surface area (Å²) >= 11 is 11.6. The Morgan fingerprint density at radius 2 is 2.27 bits per heavy atom. The molecular formula is C9H11Cl2NO2S. The van der Waals surface area contributed by atoms with E-state index in [1.165, 1.54) is 6.20 Å². The molecule has 6 heteroatoms. The number of hydrogen-bond acceptors (Lipinski definition) is 3. The predicted molar refractivity (Wildman–Crippen MR) is 62.8 cm³/mol. The maximum atomic E-state index is 11.5. The Kier molecular flexibility index (Phi) is 5.53. The first-order valence-corrected chi connectivity index (χ1v) is 6.51. The zero-order chi connectivity index (χ0) is 11.3. The van der Waals surface area contributed by atoms with E-state index in [9.17, 15) is 4.21 Å². The van der Waals surface area contributed by atoms with Crippen molar-refractivity contribution < 1.29 is 8.95 Å². The molecular weight excluding hydrogens is 257 g/mol. The lowest BCUT2D eigenvalue weighted by Crippen LogP contribution is -2.07. The summed E-state index contributed by atoms with van der Waals surface area (Å²) in [7, 11) is 0.571. The Hall–Kier alpha value is -0.160. The van der Waals surface area contributed by atoms with Gasteiger partial charge >= 0.3 is 0 Å². The minimum Gasteiger partial charge on any atom is -0.384 e. The fourth-order valence-corrected chi connectivity index (χ4v) is 2.51. The largest absolute Gasteiger partial charge is 0.384 e. The van der Waals surface area contributed by atoms with Crippen LogP contribution in [0.3, 0.4) is 0 Å². The van der Waals surface area contributed by atoms with Crippen molar-refractivity contribution in [2.75, 3.05) is 19.5 Å². The van der Waals surface area contributed by atoms with Crippen LogP contribution in [0.15, 0.2) is 12.3 Å². The lowest BCUT2D eigenvalue weighted by molar-refractivity contribution is 0.218. The van der Waals surface area contributed by atoms with Crippen molar-refractivity contribution in [2.24, 2.45) is 0 Å². The monoisotopic (exact) mass is 267 g/mol. The highest BCUT2D eigenvalue weighted by atomic mass is 35.5. The van der Waals surface area contributed by atoms with Gasteiger partial charge in [-0.15, -0.1) is 0 Å². The van der Waals surface area contributed by atoms with E-state index in [0.717, 1.165) is 0 Å². The van der Waals surface area contributed by atoms with Crippen molar-refractivity contribution in [3.8, 4) is 0 Å². The first kappa shape index (κ1) is 12.9. The van der Waals surface area contributed by atoms with Crippen LogP contribution in [0.2, 0.25) is 10.0 Å². The SMILES string of the molecule is COCC[S@@](=O)Cc1ncc(Cl)cc1Cl. The Labute approximate surface area is 101 Å². The minimum absolute atomic E-state index is 0.333. The van der Waals surface area contributed by atoms with E-state index >= 15 is 0 Å². The highest BCUT2D eigenvalue weighted by molar-refractivity contribution is 7.84.